The van der Waals surface area contributed by atoms with Crippen molar-refractivity contribution in [2.24, 2.45) is 0 Å². The van der Waals surface area contributed by atoms with Crippen molar-refractivity contribution in [1.82, 2.24) is 14.6 Å². The second kappa shape index (κ2) is 7.13. The van der Waals surface area contributed by atoms with E-state index in [1.54, 1.807) is 67.0 Å². The van der Waals surface area contributed by atoms with Crippen molar-refractivity contribution in [1.29, 1.82) is 0 Å². The fourth-order valence-electron chi connectivity index (χ4n) is 2.70. The molecular formula is C20H13BrN4O2. The second-order valence-electron chi connectivity index (χ2n) is 5.78. The molecule has 0 saturated carbocycles. The molecule has 0 aliphatic heterocycles. The van der Waals surface area contributed by atoms with Crippen LogP contribution in [0.2, 0.25) is 0 Å². The van der Waals surface area contributed by atoms with E-state index in [0.717, 1.165) is 4.47 Å². The van der Waals surface area contributed by atoms with Crippen LogP contribution < -0.4 is 11.0 Å². The van der Waals surface area contributed by atoms with E-state index in [4.69, 9.17) is 0 Å². The molecule has 6 nitrogen and oxygen atoms in total. The molecule has 4 aromatic rings. The molecule has 27 heavy (non-hydrogen) atoms. The fourth-order valence-corrected chi connectivity index (χ4v) is 2.96. The normalized spacial score (nSPS) is 10.7. The number of carbonyl (C=O) groups is 1. The number of para-hydroxylation sites is 1. The average Bonchev–Trinajstić information content (AvgIpc) is 2.71. The van der Waals surface area contributed by atoms with E-state index in [-0.39, 0.29) is 5.56 Å². The number of halogens is 1. The van der Waals surface area contributed by atoms with Crippen LogP contribution >= 0.6 is 15.9 Å². The highest BCUT2D eigenvalue weighted by Crippen LogP contribution is 2.18. The van der Waals surface area contributed by atoms with Gasteiger partial charge >= 0.3 is 0 Å². The molecule has 1 N–H and O–H groups in total. The lowest BCUT2D eigenvalue weighted by Gasteiger charge is -2.14. The molecular weight excluding hydrogens is 408 g/mol. The Balaban J connectivity index is 1.87. The van der Waals surface area contributed by atoms with Crippen LogP contribution in [-0.2, 0) is 0 Å². The Morgan fingerprint density at radius 2 is 1.67 bits per heavy atom. The first-order valence-corrected chi connectivity index (χ1v) is 8.92. The van der Waals surface area contributed by atoms with E-state index in [1.165, 1.54) is 4.68 Å². The van der Waals surface area contributed by atoms with Crippen LogP contribution in [0.15, 0.2) is 82.3 Å². The van der Waals surface area contributed by atoms with Crippen molar-refractivity contribution in [3.8, 4) is 11.4 Å². The maximum atomic E-state index is 13.0. The van der Waals surface area contributed by atoms with Crippen molar-refractivity contribution in [2.45, 2.75) is 0 Å². The number of fused-ring (bicyclic) bond motifs is 1. The van der Waals surface area contributed by atoms with Crippen molar-refractivity contribution in [3.05, 3.63) is 93.4 Å². The van der Waals surface area contributed by atoms with Crippen LogP contribution in [-0.4, -0.2) is 20.6 Å². The molecule has 2 heterocycles. The van der Waals surface area contributed by atoms with Gasteiger partial charge in [0.25, 0.3) is 11.5 Å². The van der Waals surface area contributed by atoms with E-state index in [0.29, 0.717) is 27.9 Å². The summed E-state index contributed by atoms with van der Waals surface area (Å²) in [5, 5.41) is 0.423. The molecule has 132 valence electrons. The largest absolute Gasteiger partial charge is 0.280 e. The monoisotopic (exact) mass is 420 g/mol. The van der Waals surface area contributed by atoms with Gasteiger partial charge < -0.3 is 0 Å². The minimum absolute atomic E-state index is 0.339. The van der Waals surface area contributed by atoms with Gasteiger partial charge in [-0.1, -0.05) is 28.1 Å². The lowest BCUT2D eigenvalue weighted by Crippen LogP contribution is -2.35. The Hall–Kier alpha value is -3.32. The number of carbonyl (C=O) groups excluding carboxylic acids is 1. The summed E-state index contributed by atoms with van der Waals surface area (Å²) in [4.78, 5) is 34.3. The van der Waals surface area contributed by atoms with Crippen LogP contribution in [0.3, 0.4) is 0 Å². The average molecular weight is 421 g/mol. The van der Waals surface area contributed by atoms with E-state index in [2.05, 4.69) is 31.3 Å². The number of nitrogens with zero attached hydrogens (tertiary/aromatic N) is 3. The van der Waals surface area contributed by atoms with Crippen molar-refractivity contribution < 1.29 is 4.79 Å². The first-order chi connectivity index (χ1) is 13.1. The molecule has 0 aliphatic carbocycles. The fraction of sp³-hybridized carbons (Fsp3) is 0. The highest BCUT2D eigenvalue weighted by atomic mass is 79.9. The smallest absolute Gasteiger partial charge is 0.267 e. The molecule has 0 bridgehead atoms. The summed E-state index contributed by atoms with van der Waals surface area (Å²) < 4.78 is 2.04. The van der Waals surface area contributed by atoms with Crippen LogP contribution in [0.1, 0.15) is 10.4 Å². The first kappa shape index (κ1) is 17.1. The molecule has 0 unspecified atom stereocenters. The predicted octanol–water partition coefficient (Wildman–Crippen LogP) is 3.60. The molecule has 0 fully saturated rings. The standard InChI is InChI=1S/C20H13BrN4O2/c21-15-7-5-14(6-8-15)19(26)24-25-18(13-9-11-22-12-10-13)23-17-4-2-1-3-16(17)20(25)27/h1-12H,(H,24,26). The van der Waals surface area contributed by atoms with Gasteiger partial charge in [-0.25, -0.2) is 4.98 Å². The molecule has 1 amide bonds. The molecule has 7 heteroatoms. The molecule has 2 aromatic carbocycles. The van der Waals surface area contributed by atoms with Crippen molar-refractivity contribution in [3.63, 3.8) is 0 Å². The Bertz CT molecular complexity index is 1190. The van der Waals surface area contributed by atoms with Gasteiger partial charge in [0.05, 0.1) is 10.9 Å². The van der Waals surface area contributed by atoms with Crippen LogP contribution in [0.25, 0.3) is 22.3 Å². The van der Waals surface area contributed by atoms with Crippen molar-refractivity contribution in [2.75, 3.05) is 5.43 Å². The Kier molecular flexibility index (Phi) is 4.52. The third kappa shape index (κ3) is 3.37. The molecule has 0 saturated heterocycles. The van der Waals surface area contributed by atoms with E-state index < -0.39 is 5.91 Å². The summed E-state index contributed by atoms with van der Waals surface area (Å²) in [7, 11) is 0. The summed E-state index contributed by atoms with van der Waals surface area (Å²) in [6, 6.07) is 17.4. The predicted molar refractivity (Wildman–Crippen MR) is 107 cm³/mol. The van der Waals surface area contributed by atoms with Gasteiger partial charge in [0.1, 0.15) is 0 Å². The SMILES string of the molecule is O=C(Nn1c(-c2ccncc2)nc2ccccc2c1=O)c1ccc(Br)cc1. The molecule has 0 aliphatic rings. The van der Waals surface area contributed by atoms with Gasteiger partial charge in [0.15, 0.2) is 5.82 Å². The molecule has 2 aromatic heterocycles. The third-order valence-electron chi connectivity index (χ3n) is 4.03. The number of benzene rings is 2. The summed E-state index contributed by atoms with van der Waals surface area (Å²) in [5.74, 6) is -0.0662. The number of pyridine rings is 1. The molecule has 0 atom stereocenters. The van der Waals surface area contributed by atoms with Crippen molar-refractivity contribution >= 4 is 32.7 Å². The van der Waals surface area contributed by atoms with Gasteiger partial charge in [-0.15, -0.1) is 0 Å². The topological polar surface area (TPSA) is 76.9 Å². The molecule has 4 rings (SSSR count). The number of hydrogen-bond acceptors (Lipinski definition) is 4. The number of amides is 1. The van der Waals surface area contributed by atoms with Gasteiger partial charge in [-0.3, -0.25) is 20.0 Å². The van der Waals surface area contributed by atoms with Gasteiger partial charge in [-0.05, 0) is 48.5 Å². The van der Waals surface area contributed by atoms with Gasteiger partial charge in [-0.2, -0.15) is 4.68 Å². The zero-order valence-corrected chi connectivity index (χ0v) is 15.6. The minimum atomic E-state index is -0.406. The summed E-state index contributed by atoms with van der Waals surface area (Å²) in [5.41, 5.74) is 3.98. The quantitative estimate of drug-likeness (QED) is 0.549. The third-order valence-corrected chi connectivity index (χ3v) is 4.56. The number of nitrogens with one attached hydrogen (secondary N) is 1. The highest BCUT2D eigenvalue weighted by Gasteiger charge is 2.15. The second-order valence-corrected chi connectivity index (χ2v) is 6.69. The molecule has 0 spiro atoms. The van der Waals surface area contributed by atoms with Gasteiger partial charge in [0.2, 0.25) is 0 Å². The lowest BCUT2D eigenvalue weighted by atomic mass is 10.2. The Labute approximate surface area is 162 Å². The van der Waals surface area contributed by atoms with Crippen LogP contribution in [0.5, 0.6) is 0 Å². The number of hydrogen-bond donors (Lipinski definition) is 1. The Morgan fingerprint density at radius 1 is 0.963 bits per heavy atom. The van der Waals surface area contributed by atoms with E-state index >= 15 is 0 Å². The first-order valence-electron chi connectivity index (χ1n) is 8.12. The summed E-state index contributed by atoms with van der Waals surface area (Å²) in [6.45, 7) is 0. The number of aromatic nitrogens is 3. The zero-order chi connectivity index (χ0) is 18.8. The van der Waals surface area contributed by atoms with Crippen LogP contribution in [0.4, 0.5) is 0 Å². The van der Waals surface area contributed by atoms with E-state index in [9.17, 15) is 9.59 Å². The van der Waals surface area contributed by atoms with Gasteiger partial charge in [0, 0.05) is 28.0 Å². The van der Waals surface area contributed by atoms with Crippen LogP contribution in [0, 0.1) is 0 Å². The maximum Gasteiger partial charge on any atom is 0.280 e. The highest BCUT2D eigenvalue weighted by molar-refractivity contribution is 9.10. The minimum Gasteiger partial charge on any atom is -0.267 e. The molecule has 0 radical (unpaired) electrons. The Morgan fingerprint density at radius 3 is 2.41 bits per heavy atom. The van der Waals surface area contributed by atoms with E-state index in [1.807, 2.05) is 6.07 Å². The maximum absolute atomic E-state index is 13.0. The summed E-state index contributed by atoms with van der Waals surface area (Å²) in [6.07, 6.45) is 3.22. The summed E-state index contributed by atoms with van der Waals surface area (Å²) >= 11 is 3.34. The zero-order valence-electron chi connectivity index (χ0n) is 14.0. The lowest BCUT2D eigenvalue weighted by molar-refractivity contribution is 0.101. The number of rotatable bonds is 3.